The Kier molecular flexibility index (Phi) is 3.53. The number of hydrogen-bond acceptors (Lipinski definition) is 3. The number of rotatable bonds is 3. The number of hydrogen-bond donors (Lipinski definition) is 0. The molecule has 98 valence electrons. The van der Waals surface area contributed by atoms with E-state index in [1.807, 2.05) is 24.3 Å². The Labute approximate surface area is 113 Å². The molecule has 0 spiro atoms. The molecule has 3 rings (SSSR count). The van der Waals surface area contributed by atoms with Crippen LogP contribution in [0.1, 0.15) is 49.0 Å². The first-order valence-corrected chi connectivity index (χ1v) is 7.08. The summed E-state index contributed by atoms with van der Waals surface area (Å²) >= 11 is 0. The van der Waals surface area contributed by atoms with Gasteiger partial charge >= 0.3 is 0 Å². The average Bonchev–Trinajstić information content (AvgIpc) is 2.48. The third-order valence-corrected chi connectivity index (χ3v) is 3.93. The molecule has 1 heterocycles. The van der Waals surface area contributed by atoms with E-state index < -0.39 is 0 Å². The van der Waals surface area contributed by atoms with Crippen LogP contribution in [-0.4, -0.2) is 15.8 Å². The van der Waals surface area contributed by atoms with Crippen LogP contribution in [0.25, 0.3) is 11.0 Å². The summed E-state index contributed by atoms with van der Waals surface area (Å²) in [4.78, 5) is 21.0. The summed E-state index contributed by atoms with van der Waals surface area (Å²) in [5.41, 5.74) is 2.16. The predicted octanol–water partition coefficient (Wildman–Crippen LogP) is 3.78. The van der Waals surface area contributed by atoms with E-state index in [1.54, 1.807) is 6.20 Å². The number of carbonyl (C=O) groups excluding carboxylic acids is 1. The van der Waals surface area contributed by atoms with Gasteiger partial charge in [0.25, 0.3) is 0 Å². The van der Waals surface area contributed by atoms with Gasteiger partial charge in [0.15, 0.2) is 5.78 Å². The molecule has 0 saturated heterocycles. The SMILES string of the molecule is O=C(CC1CCCCC1)c1cnc2ccccc2n1. The lowest BCUT2D eigenvalue weighted by atomic mass is 9.85. The van der Waals surface area contributed by atoms with Gasteiger partial charge in [-0.2, -0.15) is 0 Å². The van der Waals surface area contributed by atoms with Gasteiger partial charge in [-0.15, -0.1) is 0 Å². The molecule has 19 heavy (non-hydrogen) atoms. The molecule has 0 unspecified atom stereocenters. The van der Waals surface area contributed by atoms with Crippen molar-refractivity contribution < 1.29 is 4.79 Å². The summed E-state index contributed by atoms with van der Waals surface area (Å²) in [6.07, 6.45) is 8.48. The van der Waals surface area contributed by atoms with Gasteiger partial charge in [0.1, 0.15) is 5.69 Å². The van der Waals surface area contributed by atoms with Crippen LogP contribution in [0.4, 0.5) is 0 Å². The van der Waals surface area contributed by atoms with Crippen molar-refractivity contribution in [3.63, 3.8) is 0 Å². The van der Waals surface area contributed by atoms with Crippen LogP contribution >= 0.6 is 0 Å². The summed E-state index contributed by atoms with van der Waals surface area (Å²) in [6.45, 7) is 0. The summed E-state index contributed by atoms with van der Waals surface area (Å²) in [6, 6.07) is 7.67. The molecule has 1 aliphatic carbocycles. The highest BCUT2D eigenvalue weighted by Crippen LogP contribution is 2.27. The van der Waals surface area contributed by atoms with E-state index >= 15 is 0 Å². The molecule has 1 aromatic carbocycles. The number of nitrogens with zero attached hydrogens (tertiary/aromatic N) is 2. The number of carbonyl (C=O) groups is 1. The fourth-order valence-electron chi connectivity index (χ4n) is 2.85. The molecule has 0 aliphatic heterocycles. The van der Waals surface area contributed by atoms with Crippen LogP contribution in [0.3, 0.4) is 0 Å². The van der Waals surface area contributed by atoms with Gasteiger partial charge in [-0.3, -0.25) is 9.78 Å². The first-order chi connectivity index (χ1) is 9.33. The van der Waals surface area contributed by atoms with Crippen LogP contribution in [0.2, 0.25) is 0 Å². The quantitative estimate of drug-likeness (QED) is 0.783. The topological polar surface area (TPSA) is 42.9 Å². The Balaban J connectivity index is 1.77. The van der Waals surface area contributed by atoms with Crippen LogP contribution in [0.5, 0.6) is 0 Å². The van der Waals surface area contributed by atoms with Crippen molar-refractivity contribution in [2.24, 2.45) is 5.92 Å². The standard InChI is InChI=1S/C16H18N2O/c19-16(10-12-6-2-1-3-7-12)15-11-17-13-8-4-5-9-14(13)18-15/h4-5,8-9,11-12H,1-3,6-7,10H2. The summed E-state index contributed by atoms with van der Waals surface area (Å²) in [7, 11) is 0. The largest absolute Gasteiger partial charge is 0.292 e. The van der Waals surface area contributed by atoms with E-state index in [4.69, 9.17) is 0 Å². The van der Waals surface area contributed by atoms with Crippen LogP contribution in [0.15, 0.2) is 30.5 Å². The third-order valence-electron chi connectivity index (χ3n) is 3.93. The van der Waals surface area contributed by atoms with Crippen molar-refractivity contribution in [1.82, 2.24) is 9.97 Å². The van der Waals surface area contributed by atoms with Crippen molar-refractivity contribution in [3.05, 3.63) is 36.2 Å². The lowest BCUT2D eigenvalue weighted by Crippen LogP contribution is -2.13. The predicted molar refractivity (Wildman–Crippen MR) is 75.1 cm³/mol. The molecule has 0 radical (unpaired) electrons. The molecule has 1 saturated carbocycles. The number of para-hydroxylation sites is 2. The van der Waals surface area contributed by atoms with Gasteiger partial charge in [0, 0.05) is 6.42 Å². The minimum atomic E-state index is 0.144. The van der Waals surface area contributed by atoms with E-state index in [0.29, 0.717) is 18.0 Å². The van der Waals surface area contributed by atoms with Gasteiger partial charge in [-0.1, -0.05) is 44.2 Å². The average molecular weight is 254 g/mol. The van der Waals surface area contributed by atoms with Gasteiger partial charge in [0.05, 0.1) is 17.2 Å². The van der Waals surface area contributed by atoms with Crippen molar-refractivity contribution in [3.8, 4) is 0 Å². The highest BCUT2D eigenvalue weighted by atomic mass is 16.1. The maximum Gasteiger partial charge on any atom is 0.183 e. The Morgan fingerprint density at radius 1 is 1.11 bits per heavy atom. The van der Waals surface area contributed by atoms with Crippen LogP contribution in [-0.2, 0) is 0 Å². The summed E-state index contributed by atoms with van der Waals surface area (Å²) in [5.74, 6) is 0.694. The van der Waals surface area contributed by atoms with E-state index in [2.05, 4.69) is 9.97 Å². The number of fused-ring (bicyclic) bond motifs is 1. The van der Waals surface area contributed by atoms with E-state index in [0.717, 1.165) is 11.0 Å². The molecule has 3 heteroatoms. The van der Waals surface area contributed by atoms with Crippen molar-refractivity contribution >= 4 is 16.8 Å². The van der Waals surface area contributed by atoms with Crippen LogP contribution < -0.4 is 0 Å². The summed E-state index contributed by atoms with van der Waals surface area (Å²) < 4.78 is 0. The first kappa shape index (κ1) is 12.3. The Hall–Kier alpha value is -1.77. The van der Waals surface area contributed by atoms with E-state index in [-0.39, 0.29) is 5.78 Å². The zero-order valence-corrected chi connectivity index (χ0v) is 11.0. The fraction of sp³-hybridized carbons (Fsp3) is 0.438. The number of Topliss-reactive ketones (excluding diaryl/α,β-unsaturated/α-hetero) is 1. The van der Waals surface area contributed by atoms with Crippen molar-refractivity contribution in [2.45, 2.75) is 38.5 Å². The zero-order chi connectivity index (χ0) is 13.1. The van der Waals surface area contributed by atoms with Crippen molar-refractivity contribution in [1.29, 1.82) is 0 Å². The first-order valence-electron chi connectivity index (χ1n) is 7.08. The summed E-state index contributed by atoms with van der Waals surface area (Å²) in [5, 5.41) is 0. The molecule has 3 nitrogen and oxygen atoms in total. The Morgan fingerprint density at radius 2 is 1.84 bits per heavy atom. The maximum atomic E-state index is 12.3. The Morgan fingerprint density at radius 3 is 2.63 bits per heavy atom. The number of aromatic nitrogens is 2. The smallest absolute Gasteiger partial charge is 0.183 e. The normalized spacial score (nSPS) is 16.6. The van der Waals surface area contributed by atoms with E-state index in [9.17, 15) is 4.79 Å². The molecule has 1 aliphatic rings. The Bertz CT molecular complexity index is 588. The minimum Gasteiger partial charge on any atom is -0.292 e. The molecule has 0 amide bonds. The lowest BCUT2D eigenvalue weighted by molar-refractivity contribution is 0.0945. The molecule has 1 fully saturated rings. The molecule has 0 N–H and O–H groups in total. The number of benzene rings is 1. The van der Waals surface area contributed by atoms with Gasteiger partial charge < -0.3 is 0 Å². The third kappa shape index (κ3) is 2.80. The van der Waals surface area contributed by atoms with Gasteiger partial charge in [-0.25, -0.2) is 4.98 Å². The second-order valence-corrected chi connectivity index (χ2v) is 5.38. The highest BCUT2D eigenvalue weighted by molar-refractivity contribution is 5.95. The van der Waals surface area contributed by atoms with Crippen LogP contribution in [0, 0.1) is 5.92 Å². The minimum absolute atomic E-state index is 0.144. The molecular weight excluding hydrogens is 236 g/mol. The van der Waals surface area contributed by atoms with Gasteiger partial charge in [0.2, 0.25) is 0 Å². The second-order valence-electron chi connectivity index (χ2n) is 5.38. The van der Waals surface area contributed by atoms with Gasteiger partial charge in [-0.05, 0) is 18.1 Å². The van der Waals surface area contributed by atoms with E-state index in [1.165, 1.54) is 32.1 Å². The highest BCUT2D eigenvalue weighted by Gasteiger charge is 2.19. The van der Waals surface area contributed by atoms with Crippen molar-refractivity contribution in [2.75, 3.05) is 0 Å². The zero-order valence-electron chi connectivity index (χ0n) is 11.0. The fourth-order valence-corrected chi connectivity index (χ4v) is 2.85. The maximum absolute atomic E-state index is 12.3. The number of ketones is 1. The molecular formula is C16H18N2O. The molecule has 1 aromatic heterocycles. The molecule has 0 bridgehead atoms. The molecule has 2 aromatic rings. The second kappa shape index (κ2) is 5.47. The lowest BCUT2D eigenvalue weighted by Gasteiger charge is -2.20. The molecule has 0 atom stereocenters. The monoisotopic (exact) mass is 254 g/mol.